The average Bonchev–Trinajstić information content (AvgIpc) is 3.16. The predicted octanol–water partition coefficient (Wildman–Crippen LogP) is 3.11. The molecule has 7 nitrogen and oxygen atoms in total. The van der Waals surface area contributed by atoms with Gasteiger partial charge in [0.1, 0.15) is 5.75 Å². The Hall–Kier alpha value is -3.35. The van der Waals surface area contributed by atoms with Gasteiger partial charge in [0.15, 0.2) is 0 Å². The Morgan fingerprint density at radius 1 is 1.19 bits per heavy atom. The predicted molar refractivity (Wildman–Crippen MR) is 98.1 cm³/mol. The molecular formula is C19H20N4O3. The molecule has 0 aliphatic rings. The second-order valence-electron chi connectivity index (χ2n) is 5.57. The zero-order valence-electron chi connectivity index (χ0n) is 14.7. The average molecular weight is 352 g/mol. The highest BCUT2D eigenvalue weighted by molar-refractivity contribution is 5.94. The fourth-order valence-corrected chi connectivity index (χ4v) is 2.44. The molecule has 134 valence electrons. The van der Waals surface area contributed by atoms with Gasteiger partial charge in [-0.2, -0.15) is 4.98 Å². The number of carbonyl (C=O) groups is 1. The summed E-state index contributed by atoms with van der Waals surface area (Å²) >= 11 is 0. The van der Waals surface area contributed by atoms with Gasteiger partial charge in [-0.1, -0.05) is 29.4 Å². The van der Waals surface area contributed by atoms with Crippen molar-refractivity contribution >= 4 is 11.9 Å². The number of anilines is 1. The highest BCUT2D eigenvalue weighted by Gasteiger charge is 2.10. The number of amides is 1. The molecule has 0 saturated carbocycles. The lowest BCUT2D eigenvalue weighted by Gasteiger charge is -2.05. The van der Waals surface area contributed by atoms with Crippen molar-refractivity contribution in [2.75, 3.05) is 19.0 Å². The third-order valence-electron chi connectivity index (χ3n) is 3.72. The number of carbonyl (C=O) groups excluding carboxylic acids is 1. The first-order valence-corrected chi connectivity index (χ1v) is 8.28. The maximum Gasteiger partial charge on any atom is 0.322 e. The molecule has 0 unspecified atom stereocenters. The molecule has 0 fully saturated rings. The molecule has 0 atom stereocenters. The molecule has 0 bridgehead atoms. The lowest BCUT2D eigenvalue weighted by atomic mass is 10.1. The van der Waals surface area contributed by atoms with E-state index >= 15 is 0 Å². The summed E-state index contributed by atoms with van der Waals surface area (Å²) in [5.41, 5.74) is 2.36. The summed E-state index contributed by atoms with van der Waals surface area (Å²) in [6, 6.07) is 15.1. The van der Waals surface area contributed by atoms with Crippen LogP contribution in [0, 0.1) is 0 Å². The Kier molecular flexibility index (Phi) is 5.48. The van der Waals surface area contributed by atoms with Crippen molar-refractivity contribution in [1.82, 2.24) is 15.5 Å². The van der Waals surface area contributed by atoms with Crippen molar-refractivity contribution in [2.45, 2.75) is 13.5 Å². The van der Waals surface area contributed by atoms with Gasteiger partial charge >= 0.3 is 6.01 Å². The van der Waals surface area contributed by atoms with Crippen LogP contribution >= 0.6 is 0 Å². The van der Waals surface area contributed by atoms with Gasteiger partial charge in [-0.25, -0.2) is 0 Å². The van der Waals surface area contributed by atoms with Crippen LogP contribution < -0.4 is 15.4 Å². The SMILES string of the molecule is CCNC(=O)c1cccc(CNc2nc(-c3cccc(OC)c3)no2)c1. The van der Waals surface area contributed by atoms with Gasteiger partial charge in [-0.3, -0.25) is 4.79 Å². The van der Waals surface area contributed by atoms with Gasteiger partial charge in [-0.05, 0) is 36.8 Å². The molecule has 1 amide bonds. The van der Waals surface area contributed by atoms with Gasteiger partial charge in [0.25, 0.3) is 5.91 Å². The van der Waals surface area contributed by atoms with Crippen LogP contribution in [0.1, 0.15) is 22.8 Å². The van der Waals surface area contributed by atoms with E-state index in [9.17, 15) is 4.79 Å². The number of benzene rings is 2. The number of hydrogen-bond donors (Lipinski definition) is 2. The number of ether oxygens (including phenoxy) is 1. The Labute approximate surface area is 151 Å². The van der Waals surface area contributed by atoms with Gasteiger partial charge < -0.3 is 19.9 Å². The minimum absolute atomic E-state index is 0.0903. The van der Waals surface area contributed by atoms with E-state index in [0.717, 1.165) is 16.9 Å². The summed E-state index contributed by atoms with van der Waals surface area (Å²) in [6.07, 6.45) is 0. The maximum atomic E-state index is 11.9. The number of aromatic nitrogens is 2. The Bertz CT molecular complexity index is 892. The van der Waals surface area contributed by atoms with Crippen LogP contribution in [0.2, 0.25) is 0 Å². The Morgan fingerprint density at radius 2 is 2.04 bits per heavy atom. The summed E-state index contributed by atoms with van der Waals surface area (Å²) in [6.45, 7) is 2.95. The standard InChI is InChI=1S/C19H20N4O3/c1-3-20-18(24)15-8-4-6-13(10-15)12-21-19-22-17(23-26-19)14-7-5-9-16(11-14)25-2/h4-11H,3,12H2,1-2H3,(H,20,24)(H,21,22,23). The first-order chi connectivity index (χ1) is 12.7. The summed E-state index contributed by atoms with van der Waals surface area (Å²) in [5, 5.41) is 9.83. The molecule has 0 aliphatic heterocycles. The van der Waals surface area contributed by atoms with Crippen LogP contribution in [0.25, 0.3) is 11.4 Å². The molecule has 0 spiro atoms. The molecular weight excluding hydrogens is 332 g/mol. The highest BCUT2D eigenvalue weighted by Crippen LogP contribution is 2.22. The minimum Gasteiger partial charge on any atom is -0.497 e. The zero-order chi connectivity index (χ0) is 18.4. The second-order valence-corrected chi connectivity index (χ2v) is 5.57. The van der Waals surface area contributed by atoms with Crippen molar-refractivity contribution in [3.63, 3.8) is 0 Å². The molecule has 26 heavy (non-hydrogen) atoms. The summed E-state index contributed by atoms with van der Waals surface area (Å²) in [4.78, 5) is 16.2. The molecule has 1 aromatic heterocycles. The highest BCUT2D eigenvalue weighted by atomic mass is 16.5. The summed E-state index contributed by atoms with van der Waals surface area (Å²) in [7, 11) is 1.61. The molecule has 3 aromatic rings. The van der Waals surface area contributed by atoms with Crippen LogP contribution in [0.3, 0.4) is 0 Å². The quantitative estimate of drug-likeness (QED) is 0.679. The monoisotopic (exact) mass is 352 g/mol. The first-order valence-electron chi connectivity index (χ1n) is 8.28. The molecule has 7 heteroatoms. The molecule has 0 saturated heterocycles. The van der Waals surface area contributed by atoms with Crippen molar-refractivity contribution in [3.8, 4) is 17.1 Å². The van der Waals surface area contributed by atoms with Crippen molar-refractivity contribution in [2.24, 2.45) is 0 Å². The van der Waals surface area contributed by atoms with Gasteiger partial charge in [-0.15, -0.1) is 0 Å². The van der Waals surface area contributed by atoms with E-state index < -0.39 is 0 Å². The largest absolute Gasteiger partial charge is 0.497 e. The normalized spacial score (nSPS) is 10.4. The van der Waals surface area contributed by atoms with E-state index in [1.54, 1.807) is 13.2 Å². The van der Waals surface area contributed by atoms with Gasteiger partial charge in [0.05, 0.1) is 7.11 Å². The summed E-state index contributed by atoms with van der Waals surface area (Å²) < 4.78 is 10.4. The molecule has 0 radical (unpaired) electrons. The lowest BCUT2D eigenvalue weighted by Crippen LogP contribution is -2.22. The Morgan fingerprint density at radius 3 is 2.85 bits per heavy atom. The number of methoxy groups -OCH3 is 1. The van der Waals surface area contributed by atoms with E-state index in [1.807, 2.05) is 49.4 Å². The topological polar surface area (TPSA) is 89.3 Å². The molecule has 2 N–H and O–H groups in total. The van der Waals surface area contributed by atoms with E-state index in [1.165, 1.54) is 0 Å². The minimum atomic E-state index is -0.0903. The molecule has 2 aromatic carbocycles. The number of nitrogens with zero attached hydrogens (tertiary/aromatic N) is 2. The molecule has 0 aliphatic carbocycles. The maximum absolute atomic E-state index is 11.9. The van der Waals surface area contributed by atoms with E-state index in [4.69, 9.17) is 9.26 Å². The lowest BCUT2D eigenvalue weighted by molar-refractivity contribution is 0.0955. The third-order valence-corrected chi connectivity index (χ3v) is 3.72. The van der Waals surface area contributed by atoms with Crippen molar-refractivity contribution in [3.05, 3.63) is 59.7 Å². The van der Waals surface area contributed by atoms with Crippen LogP contribution in [-0.4, -0.2) is 29.7 Å². The van der Waals surface area contributed by atoms with Crippen molar-refractivity contribution in [1.29, 1.82) is 0 Å². The zero-order valence-corrected chi connectivity index (χ0v) is 14.7. The number of rotatable bonds is 7. The molecule has 3 rings (SSSR count). The fourth-order valence-electron chi connectivity index (χ4n) is 2.44. The fraction of sp³-hybridized carbons (Fsp3) is 0.211. The summed E-state index contributed by atoms with van der Waals surface area (Å²) in [5.74, 6) is 1.11. The van der Waals surface area contributed by atoms with Crippen LogP contribution in [-0.2, 0) is 6.54 Å². The number of hydrogen-bond acceptors (Lipinski definition) is 6. The second kappa shape index (κ2) is 8.15. The van der Waals surface area contributed by atoms with Crippen LogP contribution in [0.5, 0.6) is 5.75 Å². The smallest absolute Gasteiger partial charge is 0.322 e. The van der Waals surface area contributed by atoms with Gasteiger partial charge in [0.2, 0.25) is 5.82 Å². The Balaban J connectivity index is 1.66. The van der Waals surface area contributed by atoms with E-state index in [0.29, 0.717) is 30.5 Å². The molecule has 1 heterocycles. The first kappa shape index (κ1) is 17.5. The van der Waals surface area contributed by atoms with Crippen molar-refractivity contribution < 1.29 is 14.1 Å². The third kappa shape index (κ3) is 4.18. The van der Waals surface area contributed by atoms with E-state index in [-0.39, 0.29) is 5.91 Å². The van der Waals surface area contributed by atoms with E-state index in [2.05, 4.69) is 20.8 Å². The number of nitrogens with one attached hydrogen (secondary N) is 2. The van der Waals surface area contributed by atoms with Crippen LogP contribution in [0.15, 0.2) is 53.1 Å². The van der Waals surface area contributed by atoms with Gasteiger partial charge in [0, 0.05) is 24.2 Å². The van der Waals surface area contributed by atoms with Crippen LogP contribution in [0.4, 0.5) is 6.01 Å².